The molecule has 1 amide bonds. The maximum absolute atomic E-state index is 12.1. The van der Waals surface area contributed by atoms with Gasteiger partial charge in [0, 0.05) is 25.3 Å². The average molecular weight is 326 g/mol. The molecule has 2 aromatic rings. The van der Waals surface area contributed by atoms with Gasteiger partial charge in [-0.15, -0.1) is 0 Å². The quantitative estimate of drug-likeness (QED) is 0.810. The lowest BCUT2D eigenvalue weighted by molar-refractivity contribution is -0.120. The fraction of sp³-hybridized carbons (Fsp3) is 0.350. The zero-order valence-corrected chi connectivity index (χ0v) is 14.7. The van der Waals surface area contributed by atoms with Crippen LogP contribution in [-0.4, -0.2) is 32.7 Å². The van der Waals surface area contributed by atoms with Gasteiger partial charge in [0.1, 0.15) is 5.75 Å². The van der Waals surface area contributed by atoms with Gasteiger partial charge in [0.05, 0.1) is 13.5 Å². The number of hydrogen-bond donors (Lipinski definition) is 1. The number of likely N-dealkylation sites (N-methyl/N-ethyl adjacent to an activating group) is 1. The molecule has 0 aromatic heterocycles. The lowest BCUT2D eigenvalue weighted by Gasteiger charge is -2.23. The molecule has 0 fully saturated rings. The fourth-order valence-corrected chi connectivity index (χ4v) is 2.66. The number of anilines is 1. The Labute approximate surface area is 144 Å². The van der Waals surface area contributed by atoms with Crippen molar-refractivity contribution in [1.82, 2.24) is 5.32 Å². The maximum Gasteiger partial charge on any atom is 0.224 e. The normalized spacial score (nSPS) is 10.3. The van der Waals surface area contributed by atoms with Crippen LogP contribution >= 0.6 is 0 Å². The van der Waals surface area contributed by atoms with Crippen LogP contribution in [0.2, 0.25) is 0 Å². The van der Waals surface area contributed by atoms with Crippen LogP contribution in [0.5, 0.6) is 5.75 Å². The van der Waals surface area contributed by atoms with Gasteiger partial charge in [-0.3, -0.25) is 4.79 Å². The zero-order chi connectivity index (χ0) is 17.4. The van der Waals surface area contributed by atoms with Gasteiger partial charge in [-0.2, -0.15) is 0 Å². The molecule has 0 saturated heterocycles. The van der Waals surface area contributed by atoms with Gasteiger partial charge in [-0.1, -0.05) is 24.3 Å². The predicted molar refractivity (Wildman–Crippen MR) is 98.8 cm³/mol. The van der Waals surface area contributed by atoms with Crippen LogP contribution < -0.4 is 15.0 Å². The van der Waals surface area contributed by atoms with Crippen molar-refractivity contribution in [3.8, 4) is 5.75 Å². The van der Waals surface area contributed by atoms with Crippen LogP contribution in [-0.2, 0) is 11.2 Å². The molecular formula is C20H26N2O2. The zero-order valence-electron chi connectivity index (χ0n) is 14.7. The molecule has 0 bridgehead atoms. The minimum atomic E-state index is 0.0311. The topological polar surface area (TPSA) is 41.6 Å². The second-order valence-electron chi connectivity index (χ2n) is 5.80. The highest BCUT2D eigenvalue weighted by Gasteiger charge is 2.07. The first-order valence-corrected chi connectivity index (χ1v) is 8.33. The first-order chi connectivity index (χ1) is 11.6. The van der Waals surface area contributed by atoms with Crippen molar-refractivity contribution in [2.75, 3.05) is 31.6 Å². The second kappa shape index (κ2) is 8.96. The summed E-state index contributed by atoms with van der Waals surface area (Å²) in [5.74, 6) is 0.806. The molecule has 4 heteroatoms. The predicted octanol–water partition coefficient (Wildman–Crippen LogP) is 3.19. The number of methoxy groups -OCH3 is 1. The number of carbonyl (C=O) groups is 1. The van der Waals surface area contributed by atoms with Crippen LogP contribution in [0.1, 0.15) is 18.1 Å². The van der Waals surface area contributed by atoms with Crippen LogP contribution in [0.25, 0.3) is 0 Å². The minimum absolute atomic E-state index is 0.0311. The van der Waals surface area contributed by atoms with Gasteiger partial charge >= 0.3 is 0 Å². The van der Waals surface area contributed by atoms with Gasteiger partial charge in [0.25, 0.3) is 0 Å². The molecule has 0 unspecified atom stereocenters. The van der Waals surface area contributed by atoms with Crippen molar-refractivity contribution in [3.05, 3.63) is 59.7 Å². The summed E-state index contributed by atoms with van der Waals surface area (Å²) >= 11 is 0. The third kappa shape index (κ3) is 5.30. The summed E-state index contributed by atoms with van der Waals surface area (Å²) < 4.78 is 5.18. The summed E-state index contributed by atoms with van der Waals surface area (Å²) in [6.45, 7) is 6.55. The Bertz CT molecular complexity index is 670. The SMILES string of the molecule is CCN(CCNC(=O)Cc1cccc(OC)c1)c1cccc(C)c1. The Kier molecular flexibility index (Phi) is 6.67. The summed E-state index contributed by atoms with van der Waals surface area (Å²) in [6.07, 6.45) is 0.369. The van der Waals surface area contributed by atoms with E-state index < -0.39 is 0 Å². The van der Waals surface area contributed by atoms with E-state index in [-0.39, 0.29) is 5.91 Å². The van der Waals surface area contributed by atoms with Gasteiger partial charge < -0.3 is 15.0 Å². The molecule has 0 radical (unpaired) electrons. The standard InChI is InChI=1S/C20H26N2O2/c1-4-22(18-9-5-7-16(2)13-18)12-11-21-20(23)15-17-8-6-10-19(14-17)24-3/h5-10,13-14H,4,11-12,15H2,1-3H3,(H,21,23). The molecule has 0 saturated carbocycles. The molecule has 2 rings (SSSR count). The number of aryl methyl sites for hydroxylation is 1. The molecule has 128 valence electrons. The number of amides is 1. The highest BCUT2D eigenvalue weighted by molar-refractivity contribution is 5.78. The van der Waals surface area contributed by atoms with Crippen molar-refractivity contribution in [3.63, 3.8) is 0 Å². The van der Waals surface area contributed by atoms with Gasteiger partial charge in [-0.25, -0.2) is 0 Å². The molecule has 0 heterocycles. The molecule has 1 N–H and O–H groups in total. The molecule has 4 nitrogen and oxygen atoms in total. The van der Waals surface area contributed by atoms with Gasteiger partial charge in [-0.05, 0) is 49.2 Å². The number of nitrogens with zero attached hydrogens (tertiary/aromatic N) is 1. The van der Waals surface area contributed by atoms with E-state index in [1.807, 2.05) is 24.3 Å². The maximum atomic E-state index is 12.1. The average Bonchev–Trinajstić information content (AvgIpc) is 2.59. The second-order valence-corrected chi connectivity index (χ2v) is 5.80. The van der Waals surface area contributed by atoms with Crippen molar-refractivity contribution < 1.29 is 9.53 Å². The Morgan fingerprint density at radius 1 is 1.17 bits per heavy atom. The number of carbonyl (C=O) groups excluding carboxylic acids is 1. The number of hydrogen-bond acceptors (Lipinski definition) is 3. The Morgan fingerprint density at radius 2 is 1.96 bits per heavy atom. The third-order valence-corrected chi connectivity index (χ3v) is 3.95. The highest BCUT2D eigenvalue weighted by atomic mass is 16.5. The molecule has 2 aromatic carbocycles. The molecule has 24 heavy (non-hydrogen) atoms. The summed E-state index contributed by atoms with van der Waals surface area (Å²) in [6, 6.07) is 16.0. The van der Waals surface area contributed by atoms with Crippen LogP contribution in [0.3, 0.4) is 0 Å². The number of nitrogens with one attached hydrogen (secondary N) is 1. The molecule has 0 aliphatic rings. The van der Waals surface area contributed by atoms with Crippen LogP contribution in [0.15, 0.2) is 48.5 Å². The van der Waals surface area contributed by atoms with Crippen LogP contribution in [0.4, 0.5) is 5.69 Å². The van der Waals surface area contributed by atoms with Crippen molar-refractivity contribution in [1.29, 1.82) is 0 Å². The first kappa shape index (κ1) is 17.9. The van der Waals surface area contributed by atoms with E-state index in [1.165, 1.54) is 11.3 Å². The summed E-state index contributed by atoms with van der Waals surface area (Å²) in [5.41, 5.74) is 3.39. The van der Waals surface area contributed by atoms with Gasteiger partial charge in [0.15, 0.2) is 0 Å². The van der Waals surface area contributed by atoms with E-state index in [0.717, 1.165) is 24.4 Å². The summed E-state index contributed by atoms with van der Waals surface area (Å²) in [7, 11) is 1.63. The monoisotopic (exact) mass is 326 g/mol. The Morgan fingerprint density at radius 3 is 2.67 bits per heavy atom. The Balaban J connectivity index is 1.82. The number of rotatable bonds is 8. The third-order valence-electron chi connectivity index (χ3n) is 3.95. The summed E-state index contributed by atoms with van der Waals surface area (Å²) in [5, 5.41) is 3.00. The lowest BCUT2D eigenvalue weighted by Crippen LogP contribution is -2.35. The highest BCUT2D eigenvalue weighted by Crippen LogP contribution is 2.15. The van der Waals surface area contributed by atoms with Crippen molar-refractivity contribution in [2.24, 2.45) is 0 Å². The van der Waals surface area contributed by atoms with Gasteiger partial charge in [0.2, 0.25) is 5.91 Å². The van der Waals surface area contributed by atoms with E-state index in [4.69, 9.17) is 4.74 Å². The first-order valence-electron chi connectivity index (χ1n) is 8.33. The molecule has 0 spiro atoms. The lowest BCUT2D eigenvalue weighted by atomic mass is 10.1. The van der Waals surface area contributed by atoms with E-state index in [9.17, 15) is 4.79 Å². The van der Waals surface area contributed by atoms with Crippen molar-refractivity contribution in [2.45, 2.75) is 20.3 Å². The number of ether oxygens (including phenoxy) is 1. The molecule has 0 atom stereocenters. The Hall–Kier alpha value is -2.49. The molecule has 0 aliphatic heterocycles. The fourth-order valence-electron chi connectivity index (χ4n) is 2.66. The van der Waals surface area contributed by atoms with E-state index in [1.54, 1.807) is 7.11 Å². The summed E-state index contributed by atoms with van der Waals surface area (Å²) in [4.78, 5) is 14.4. The molecule has 0 aliphatic carbocycles. The smallest absolute Gasteiger partial charge is 0.224 e. The van der Waals surface area contributed by atoms with E-state index in [2.05, 4.69) is 48.3 Å². The largest absolute Gasteiger partial charge is 0.497 e. The molecular weight excluding hydrogens is 300 g/mol. The van der Waals surface area contributed by atoms with Crippen molar-refractivity contribution >= 4 is 11.6 Å². The van der Waals surface area contributed by atoms with E-state index >= 15 is 0 Å². The van der Waals surface area contributed by atoms with Crippen LogP contribution in [0, 0.1) is 6.92 Å². The minimum Gasteiger partial charge on any atom is -0.497 e. The van der Waals surface area contributed by atoms with E-state index in [0.29, 0.717) is 13.0 Å². The number of benzene rings is 2.